The lowest BCUT2D eigenvalue weighted by molar-refractivity contribution is -0.123. The molecule has 1 heterocycles. The van der Waals surface area contributed by atoms with Crippen molar-refractivity contribution in [2.75, 3.05) is 6.61 Å². The molecule has 0 saturated heterocycles. The zero-order chi connectivity index (χ0) is 18.7. The highest BCUT2D eigenvalue weighted by Crippen LogP contribution is 2.25. The first-order valence-corrected chi connectivity index (χ1v) is 8.62. The molecule has 0 saturated carbocycles. The maximum Gasteiger partial charge on any atom is 0.277 e. The molecule has 2 N–H and O–H groups in total. The number of rotatable bonds is 5. The number of aromatic amines is 1. The number of amides is 1. The second-order valence-electron chi connectivity index (χ2n) is 6.16. The number of halogens is 1. The number of ether oxygens (including phenoxy) is 1. The molecule has 0 atom stereocenters. The number of carbonyl (C=O) groups is 1. The largest absolute Gasteiger partial charge is 0.484 e. The third-order valence-corrected chi connectivity index (χ3v) is 4.70. The van der Waals surface area contributed by atoms with E-state index in [1.54, 1.807) is 18.3 Å². The quantitative estimate of drug-likeness (QED) is 0.520. The zero-order valence-electron chi connectivity index (χ0n) is 14.9. The van der Waals surface area contributed by atoms with Crippen LogP contribution in [-0.4, -0.2) is 23.7 Å². The van der Waals surface area contributed by atoms with E-state index in [1.807, 2.05) is 45.0 Å². The lowest BCUT2D eigenvalue weighted by Gasteiger charge is -2.09. The van der Waals surface area contributed by atoms with Gasteiger partial charge in [-0.15, -0.1) is 0 Å². The van der Waals surface area contributed by atoms with E-state index < -0.39 is 0 Å². The van der Waals surface area contributed by atoms with E-state index in [1.165, 1.54) is 0 Å². The number of carbonyl (C=O) groups excluding carboxylic acids is 1. The Balaban J connectivity index is 1.60. The van der Waals surface area contributed by atoms with Crippen molar-refractivity contribution in [2.45, 2.75) is 20.8 Å². The minimum absolute atomic E-state index is 0.120. The van der Waals surface area contributed by atoms with E-state index in [0.29, 0.717) is 10.8 Å². The Bertz CT molecular complexity index is 969. The first-order chi connectivity index (χ1) is 12.5. The number of nitrogens with zero attached hydrogens (tertiary/aromatic N) is 1. The standard InChI is InChI=1S/C20H20ClN3O2/c1-12-8-15(9-13(2)20(12)21)26-11-19(25)24-22-10-17-14(3)23-18-7-5-4-6-16(17)18/h4-10,23H,11H2,1-3H3,(H,24,25). The summed E-state index contributed by atoms with van der Waals surface area (Å²) in [4.78, 5) is 15.2. The topological polar surface area (TPSA) is 66.5 Å². The van der Waals surface area contributed by atoms with Gasteiger partial charge >= 0.3 is 0 Å². The number of aryl methyl sites for hydroxylation is 3. The zero-order valence-corrected chi connectivity index (χ0v) is 15.6. The molecule has 1 amide bonds. The summed E-state index contributed by atoms with van der Waals surface area (Å²) < 4.78 is 5.52. The second-order valence-corrected chi connectivity index (χ2v) is 6.54. The summed E-state index contributed by atoms with van der Waals surface area (Å²) in [5.74, 6) is 0.278. The summed E-state index contributed by atoms with van der Waals surface area (Å²) >= 11 is 6.13. The SMILES string of the molecule is Cc1cc(OCC(=O)NN=Cc2c(C)[nH]c3ccccc23)cc(C)c1Cl. The fourth-order valence-corrected chi connectivity index (χ4v) is 2.91. The maximum atomic E-state index is 11.9. The number of aromatic nitrogens is 1. The number of fused-ring (bicyclic) bond motifs is 1. The van der Waals surface area contributed by atoms with Crippen LogP contribution >= 0.6 is 11.6 Å². The molecule has 5 nitrogen and oxygen atoms in total. The number of nitrogens with one attached hydrogen (secondary N) is 2. The third-order valence-electron chi connectivity index (χ3n) is 4.11. The van der Waals surface area contributed by atoms with Crippen molar-refractivity contribution < 1.29 is 9.53 Å². The fraction of sp³-hybridized carbons (Fsp3) is 0.200. The van der Waals surface area contributed by atoms with E-state index in [2.05, 4.69) is 15.5 Å². The van der Waals surface area contributed by atoms with E-state index >= 15 is 0 Å². The van der Waals surface area contributed by atoms with Gasteiger partial charge < -0.3 is 9.72 Å². The highest BCUT2D eigenvalue weighted by atomic mass is 35.5. The monoisotopic (exact) mass is 369 g/mol. The molecule has 0 aliphatic carbocycles. The van der Waals surface area contributed by atoms with Crippen LogP contribution in [0.3, 0.4) is 0 Å². The van der Waals surface area contributed by atoms with E-state index in [4.69, 9.17) is 16.3 Å². The van der Waals surface area contributed by atoms with Gasteiger partial charge in [0.05, 0.1) is 6.21 Å². The van der Waals surface area contributed by atoms with Gasteiger partial charge in [0.25, 0.3) is 5.91 Å². The average Bonchev–Trinajstić information content (AvgIpc) is 2.93. The van der Waals surface area contributed by atoms with Crippen LogP contribution in [0.15, 0.2) is 41.5 Å². The number of hydrazone groups is 1. The molecular weight excluding hydrogens is 350 g/mol. The van der Waals surface area contributed by atoms with Crippen LogP contribution < -0.4 is 10.2 Å². The molecule has 0 aliphatic heterocycles. The Kier molecular flexibility index (Phi) is 5.28. The van der Waals surface area contributed by atoms with Gasteiger partial charge in [0, 0.05) is 27.2 Å². The Labute approximate surface area is 157 Å². The summed E-state index contributed by atoms with van der Waals surface area (Å²) in [6.45, 7) is 5.65. The molecule has 2 aromatic carbocycles. The number of para-hydroxylation sites is 1. The normalized spacial score (nSPS) is 11.2. The first kappa shape index (κ1) is 18.0. The predicted molar refractivity (Wildman–Crippen MR) is 105 cm³/mol. The van der Waals surface area contributed by atoms with E-state index in [0.717, 1.165) is 33.3 Å². The van der Waals surface area contributed by atoms with Crippen molar-refractivity contribution in [3.8, 4) is 5.75 Å². The van der Waals surface area contributed by atoms with Crippen molar-refractivity contribution in [3.63, 3.8) is 0 Å². The summed E-state index contributed by atoms with van der Waals surface area (Å²) in [5.41, 5.74) is 7.29. The molecule has 26 heavy (non-hydrogen) atoms. The summed E-state index contributed by atoms with van der Waals surface area (Å²) in [7, 11) is 0. The highest BCUT2D eigenvalue weighted by Gasteiger charge is 2.07. The Morgan fingerprint density at radius 3 is 2.65 bits per heavy atom. The molecule has 0 fully saturated rings. The van der Waals surface area contributed by atoms with Gasteiger partial charge in [-0.05, 0) is 50.1 Å². The number of benzene rings is 2. The smallest absolute Gasteiger partial charge is 0.277 e. The van der Waals surface area contributed by atoms with Crippen molar-refractivity contribution in [3.05, 3.63) is 63.8 Å². The maximum absolute atomic E-state index is 11.9. The van der Waals surface area contributed by atoms with Crippen LogP contribution in [0.5, 0.6) is 5.75 Å². The summed E-state index contributed by atoms with van der Waals surface area (Å²) in [6, 6.07) is 11.6. The third kappa shape index (κ3) is 3.89. The lowest BCUT2D eigenvalue weighted by Crippen LogP contribution is -2.24. The van der Waals surface area contributed by atoms with Gasteiger partial charge in [-0.3, -0.25) is 4.79 Å². The molecule has 0 bridgehead atoms. The van der Waals surface area contributed by atoms with E-state index in [-0.39, 0.29) is 12.5 Å². The molecular formula is C20H20ClN3O2. The Morgan fingerprint density at radius 2 is 1.92 bits per heavy atom. The van der Waals surface area contributed by atoms with Crippen molar-refractivity contribution in [2.24, 2.45) is 5.10 Å². The van der Waals surface area contributed by atoms with Crippen molar-refractivity contribution in [1.82, 2.24) is 10.4 Å². The second kappa shape index (κ2) is 7.62. The van der Waals surface area contributed by atoms with Crippen LogP contribution in [0.4, 0.5) is 0 Å². The minimum Gasteiger partial charge on any atom is -0.484 e. The average molecular weight is 370 g/mol. The fourth-order valence-electron chi connectivity index (χ4n) is 2.80. The molecule has 3 rings (SSSR count). The molecule has 0 aliphatic rings. The van der Waals surface area contributed by atoms with Gasteiger partial charge in [0.15, 0.2) is 6.61 Å². The van der Waals surface area contributed by atoms with E-state index in [9.17, 15) is 4.79 Å². The first-order valence-electron chi connectivity index (χ1n) is 8.24. The van der Waals surface area contributed by atoms with Gasteiger partial charge in [-0.25, -0.2) is 5.43 Å². The van der Waals surface area contributed by atoms with Crippen LogP contribution in [-0.2, 0) is 4.79 Å². The molecule has 0 radical (unpaired) electrons. The van der Waals surface area contributed by atoms with Crippen LogP contribution in [0, 0.1) is 20.8 Å². The van der Waals surface area contributed by atoms with Gasteiger partial charge in [0.2, 0.25) is 0 Å². The van der Waals surface area contributed by atoms with Crippen LogP contribution in [0.1, 0.15) is 22.4 Å². The van der Waals surface area contributed by atoms with Gasteiger partial charge in [-0.1, -0.05) is 29.8 Å². The van der Waals surface area contributed by atoms with Gasteiger partial charge in [0.1, 0.15) is 5.75 Å². The lowest BCUT2D eigenvalue weighted by atomic mass is 10.1. The van der Waals surface area contributed by atoms with Crippen LogP contribution in [0.25, 0.3) is 10.9 Å². The predicted octanol–water partition coefficient (Wildman–Crippen LogP) is 4.28. The molecule has 3 aromatic rings. The highest BCUT2D eigenvalue weighted by molar-refractivity contribution is 6.32. The molecule has 134 valence electrons. The molecule has 1 aromatic heterocycles. The minimum atomic E-state index is -0.330. The van der Waals surface area contributed by atoms with Crippen molar-refractivity contribution in [1.29, 1.82) is 0 Å². The van der Waals surface area contributed by atoms with Gasteiger partial charge in [-0.2, -0.15) is 5.10 Å². The molecule has 0 spiro atoms. The van der Waals surface area contributed by atoms with Crippen molar-refractivity contribution >= 4 is 34.6 Å². The molecule has 6 heteroatoms. The number of hydrogen-bond acceptors (Lipinski definition) is 3. The number of H-pyrrole nitrogens is 1. The summed E-state index contributed by atoms with van der Waals surface area (Å²) in [6.07, 6.45) is 1.64. The molecule has 0 unspecified atom stereocenters. The number of hydrogen-bond donors (Lipinski definition) is 2. The van der Waals surface area contributed by atoms with Crippen LogP contribution in [0.2, 0.25) is 5.02 Å². The Morgan fingerprint density at radius 1 is 1.23 bits per heavy atom. The Hall–Kier alpha value is -2.79. The summed E-state index contributed by atoms with van der Waals surface area (Å²) in [5, 5.41) is 5.81.